The first kappa shape index (κ1) is 25.3. The van der Waals surface area contributed by atoms with Gasteiger partial charge < -0.3 is 25.0 Å². The molecule has 0 aliphatic carbocycles. The molecule has 154 valence electrons. The fourth-order valence-corrected chi connectivity index (χ4v) is 2.23. The van der Waals surface area contributed by atoms with E-state index in [1.165, 1.54) is 4.90 Å². The fraction of sp³-hybridized carbons (Fsp3) is 0.579. The number of likely N-dealkylation sites (N-methyl/N-ethyl adjacent to an activating group) is 1. The standard InChI is InChI=1S/C19H32N4O3.HI/c1-7-20-19(21-13-18(24)23(5)6)22-14(4)15-10-11-16(25-8-2)17(12-15)26-9-3;/h10-12,14H,7-9,13H2,1-6H3,(H2,20,21,22);1H. The Labute approximate surface area is 179 Å². The Morgan fingerprint density at radius 1 is 1.15 bits per heavy atom. The van der Waals surface area contributed by atoms with E-state index in [9.17, 15) is 4.79 Å². The third kappa shape index (κ3) is 8.68. The lowest BCUT2D eigenvalue weighted by molar-refractivity contribution is -0.127. The van der Waals surface area contributed by atoms with Gasteiger partial charge in [-0.05, 0) is 45.4 Å². The van der Waals surface area contributed by atoms with Crippen LogP contribution in [0.1, 0.15) is 39.3 Å². The summed E-state index contributed by atoms with van der Waals surface area (Å²) in [5.74, 6) is 2.02. The van der Waals surface area contributed by atoms with Gasteiger partial charge in [-0.1, -0.05) is 6.07 Å². The molecule has 8 heteroatoms. The summed E-state index contributed by atoms with van der Waals surface area (Å²) in [6, 6.07) is 5.87. The highest BCUT2D eigenvalue weighted by molar-refractivity contribution is 14.0. The van der Waals surface area contributed by atoms with E-state index in [-0.39, 0.29) is 42.5 Å². The maximum atomic E-state index is 11.8. The highest BCUT2D eigenvalue weighted by Crippen LogP contribution is 2.30. The van der Waals surface area contributed by atoms with Gasteiger partial charge in [-0.3, -0.25) is 4.79 Å². The van der Waals surface area contributed by atoms with Crippen LogP contribution < -0.4 is 20.1 Å². The quantitative estimate of drug-likeness (QED) is 0.315. The molecule has 0 bridgehead atoms. The summed E-state index contributed by atoms with van der Waals surface area (Å²) in [6.07, 6.45) is 0. The number of hydrogen-bond acceptors (Lipinski definition) is 4. The molecule has 0 aromatic heterocycles. The molecule has 1 rings (SSSR count). The van der Waals surface area contributed by atoms with E-state index in [4.69, 9.17) is 9.47 Å². The number of hydrogen-bond donors (Lipinski definition) is 2. The Bertz CT molecular complexity index is 609. The number of ether oxygens (including phenoxy) is 2. The Morgan fingerprint density at radius 3 is 2.33 bits per heavy atom. The topological polar surface area (TPSA) is 75.2 Å². The van der Waals surface area contributed by atoms with Crippen LogP contribution in [0, 0.1) is 0 Å². The van der Waals surface area contributed by atoms with Gasteiger partial charge in [0.2, 0.25) is 5.91 Å². The van der Waals surface area contributed by atoms with Gasteiger partial charge in [0.05, 0.1) is 19.3 Å². The second-order valence-corrected chi connectivity index (χ2v) is 5.92. The first-order chi connectivity index (χ1) is 12.4. The number of nitrogens with zero attached hydrogens (tertiary/aromatic N) is 2. The summed E-state index contributed by atoms with van der Waals surface area (Å²) in [4.78, 5) is 17.6. The minimum Gasteiger partial charge on any atom is -0.490 e. The molecular weight excluding hydrogens is 459 g/mol. The van der Waals surface area contributed by atoms with Crippen LogP contribution in [0.3, 0.4) is 0 Å². The van der Waals surface area contributed by atoms with E-state index in [1.54, 1.807) is 14.1 Å². The normalized spacial score (nSPS) is 11.9. The van der Waals surface area contributed by atoms with Crippen molar-refractivity contribution in [2.75, 3.05) is 40.4 Å². The first-order valence-electron chi connectivity index (χ1n) is 9.07. The first-order valence-corrected chi connectivity index (χ1v) is 9.07. The number of carbonyl (C=O) groups is 1. The number of halogens is 1. The molecule has 0 fully saturated rings. The maximum absolute atomic E-state index is 11.8. The lowest BCUT2D eigenvalue weighted by Gasteiger charge is -2.20. The van der Waals surface area contributed by atoms with E-state index < -0.39 is 0 Å². The summed E-state index contributed by atoms with van der Waals surface area (Å²) in [5.41, 5.74) is 1.04. The summed E-state index contributed by atoms with van der Waals surface area (Å²) in [5, 5.41) is 6.48. The van der Waals surface area contributed by atoms with Crippen molar-refractivity contribution in [3.63, 3.8) is 0 Å². The number of amides is 1. The number of rotatable bonds is 9. The zero-order chi connectivity index (χ0) is 19.5. The maximum Gasteiger partial charge on any atom is 0.243 e. The minimum atomic E-state index is -0.0467. The molecular formula is C19H33IN4O3. The molecule has 1 aromatic carbocycles. The number of guanidine groups is 1. The lowest BCUT2D eigenvalue weighted by Crippen LogP contribution is -2.39. The third-order valence-electron chi connectivity index (χ3n) is 3.64. The average molecular weight is 492 g/mol. The van der Waals surface area contributed by atoms with Gasteiger partial charge in [-0.2, -0.15) is 0 Å². The van der Waals surface area contributed by atoms with E-state index in [2.05, 4.69) is 15.6 Å². The summed E-state index contributed by atoms with van der Waals surface area (Å²) in [6.45, 7) is 9.88. The molecule has 0 saturated carbocycles. The molecule has 1 aromatic rings. The number of carbonyl (C=O) groups excluding carboxylic acids is 1. The minimum absolute atomic E-state index is 0. The van der Waals surface area contributed by atoms with Gasteiger partial charge in [0.1, 0.15) is 6.54 Å². The van der Waals surface area contributed by atoms with Gasteiger partial charge in [0, 0.05) is 20.6 Å². The second-order valence-electron chi connectivity index (χ2n) is 5.92. The van der Waals surface area contributed by atoms with Crippen LogP contribution in [0.25, 0.3) is 0 Å². The Balaban J connectivity index is 0.00000676. The lowest BCUT2D eigenvalue weighted by atomic mass is 10.1. The molecule has 0 heterocycles. The van der Waals surface area contributed by atoms with Gasteiger partial charge in [0.15, 0.2) is 17.5 Å². The Kier molecular flexibility index (Phi) is 12.6. The van der Waals surface area contributed by atoms with Crippen molar-refractivity contribution < 1.29 is 14.3 Å². The second kappa shape index (κ2) is 13.5. The van der Waals surface area contributed by atoms with Crippen molar-refractivity contribution in [1.82, 2.24) is 15.5 Å². The van der Waals surface area contributed by atoms with E-state index in [0.29, 0.717) is 25.7 Å². The fourth-order valence-electron chi connectivity index (χ4n) is 2.23. The molecule has 1 amide bonds. The molecule has 0 radical (unpaired) electrons. The van der Waals surface area contributed by atoms with Crippen LogP contribution in [-0.2, 0) is 4.79 Å². The van der Waals surface area contributed by atoms with Crippen molar-refractivity contribution in [3.8, 4) is 11.5 Å². The van der Waals surface area contributed by atoms with Crippen molar-refractivity contribution in [3.05, 3.63) is 23.8 Å². The van der Waals surface area contributed by atoms with Crippen molar-refractivity contribution in [1.29, 1.82) is 0 Å². The van der Waals surface area contributed by atoms with Gasteiger partial charge in [-0.15, -0.1) is 24.0 Å². The van der Waals surface area contributed by atoms with Gasteiger partial charge in [0.25, 0.3) is 0 Å². The van der Waals surface area contributed by atoms with Gasteiger partial charge in [-0.25, -0.2) is 4.99 Å². The number of aliphatic imine (C=N–C) groups is 1. The zero-order valence-electron chi connectivity index (χ0n) is 17.2. The number of nitrogens with one attached hydrogen (secondary N) is 2. The van der Waals surface area contributed by atoms with Crippen LogP contribution in [0.4, 0.5) is 0 Å². The molecule has 1 unspecified atom stereocenters. The number of benzene rings is 1. The Morgan fingerprint density at radius 2 is 1.78 bits per heavy atom. The predicted octanol–water partition coefficient (Wildman–Crippen LogP) is 2.81. The summed E-state index contributed by atoms with van der Waals surface area (Å²) in [7, 11) is 3.44. The SMILES string of the molecule is CCNC(=NCC(=O)N(C)C)NC(C)c1ccc(OCC)c(OCC)c1.I. The molecule has 7 nitrogen and oxygen atoms in total. The largest absolute Gasteiger partial charge is 0.490 e. The van der Waals surface area contributed by atoms with Crippen molar-refractivity contribution >= 4 is 35.8 Å². The zero-order valence-corrected chi connectivity index (χ0v) is 19.5. The van der Waals surface area contributed by atoms with E-state index in [0.717, 1.165) is 17.1 Å². The predicted molar refractivity (Wildman–Crippen MR) is 120 cm³/mol. The third-order valence-corrected chi connectivity index (χ3v) is 3.64. The van der Waals surface area contributed by atoms with Gasteiger partial charge >= 0.3 is 0 Å². The molecule has 0 saturated heterocycles. The van der Waals surface area contributed by atoms with Crippen LogP contribution in [0.5, 0.6) is 11.5 Å². The molecule has 0 aliphatic heterocycles. The highest BCUT2D eigenvalue weighted by Gasteiger charge is 2.13. The average Bonchev–Trinajstić information content (AvgIpc) is 2.61. The Hall–Kier alpha value is -1.71. The summed E-state index contributed by atoms with van der Waals surface area (Å²) >= 11 is 0. The van der Waals surface area contributed by atoms with Crippen LogP contribution in [-0.4, -0.2) is 57.2 Å². The molecule has 0 spiro atoms. The van der Waals surface area contributed by atoms with E-state index >= 15 is 0 Å². The van der Waals surface area contributed by atoms with Crippen LogP contribution in [0.2, 0.25) is 0 Å². The smallest absolute Gasteiger partial charge is 0.243 e. The van der Waals surface area contributed by atoms with Crippen molar-refractivity contribution in [2.24, 2.45) is 4.99 Å². The molecule has 0 aliphatic rings. The van der Waals surface area contributed by atoms with Crippen LogP contribution >= 0.6 is 24.0 Å². The summed E-state index contributed by atoms with van der Waals surface area (Å²) < 4.78 is 11.3. The van der Waals surface area contributed by atoms with Crippen LogP contribution in [0.15, 0.2) is 23.2 Å². The molecule has 27 heavy (non-hydrogen) atoms. The monoisotopic (exact) mass is 492 g/mol. The van der Waals surface area contributed by atoms with Crippen molar-refractivity contribution in [2.45, 2.75) is 33.7 Å². The molecule has 2 N–H and O–H groups in total. The van der Waals surface area contributed by atoms with E-state index in [1.807, 2.05) is 45.9 Å². The molecule has 1 atom stereocenters. The highest BCUT2D eigenvalue weighted by atomic mass is 127.